The first kappa shape index (κ1) is 32.6. The van der Waals surface area contributed by atoms with Gasteiger partial charge in [0.15, 0.2) is 5.75 Å². The number of esters is 1. The van der Waals surface area contributed by atoms with Gasteiger partial charge in [-0.3, -0.25) is 9.59 Å². The van der Waals surface area contributed by atoms with Gasteiger partial charge in [-0.05, 0) is 38.5 Å². The van der Waals surface area contributed by atoms with Crippen LogP contribution in [0.1, 0.15) is 26.3 Å². The Balaban J connectivity index is 1.96. The summed E-state index contributed by atoms with van der Waals surface area (Å²) < 4.78 is 10.3. The van der Waals surface area contributed by atoms with Crippen molar-refractivity contribution in [1.82, 2.24) is 16.0 Å². The van der Waals surface area contributed by atoms with Crippen LogP contribution in [0, 0.1) is 0 Å². The van der Waals surface area contributed by atoms with E-state index in [2.05, 4.69) is 16.0 Å². The molecular formula is C24H24Cl5N3O7. The fourth-order valence-corrected chi connectivity index (χ4v) is 4.07. The van der Waals surface area contributed by atoms with Gasteiger partial charge < -0.3 is 30.5 Å². The number of rotatable bonds is 9. The Morgan fingerprint density at radius 1 is 0.846 bits per heavy atom. The molecule has 39 heavy (non-hydrogen) atoms. The number of phenolic OH excluding ortho intramolecular Hbond substituents is 1. The van der Waals surface area contributed by atoms with Crippen LogP contribution in [0.15, 0.2) is 24.3 Å². The van der Waals surface area contributed by atoms with Crippen LogP contribution in [-0.2, 0) is 25.5 Å². The van der Waals surface area contributed by atoms with Gasteiger partial charge in [0.05, 0.1) is 21.6 Å². The topological polar surface area (TPSA) is 143 Å². The van der Waals surface area contributed by atoms with Gasteiger partial charge in [0.1, 0.15) is 34.0 Å². The molecule has 0 saturated heterocycles. The van der Waals surface area contributed by atoms with Crippen molar-refractivity contribution in [2.24, 2.45) is 0 Å². The van der Waals surface area contributed by atoms with E-state index < -0.39 is 48.6 Å². The van der Waals surface area contributed by atoms with Crippen molar-refractivity contribution >= 4 is 81.9 Å². The highest BCUT2D eigenvalue weighted by Crippen LogP contribution is 2.48. The summed E-state index contributed by atoms with van der Waals surface area (Å²) in [6.07, 6.45) is -0.805. The fraction of sp³-hybridized carbons (Fsp3) is 0.333. The molecule has 2 rings (SSSR count). The zero-order chi connectivity index (χ0) is 29.5. The lowest BCUT2D eigenvalue weighted by Crippen LogP contribution is -2.51. The summed E-state index contributed by atoms with van der Waals surface area (Å²) in [4.78, 5) is 49.5. The molecular weight excluding hydrogens is 620 g/mol. The molecule has 15 heteroatoms. The quantitative estimate of drug-likeness (QED) is 0.131. The summed E-state index contributed by atoms with van der Waals surface area (Å²) in [6, 6.07) is 4.88. The molecule has 0 aliphatic carbocycles. The number of alkyl carbamates (subject to hydrolysis) is 1. The number of aromatic hydroxyl groups is 1. The van der Waals surface area contributed by atoms with E-state index in [1.807, 2.05) is 0 Å². The van der Waals surface area contributed by atoms with Crippen LogP contribution in [-0.4, -0.2) is 53.7 Å². The van der Waals surface area contributed by atoms with E-state index >= 15 is 0 Å². The number of ether oxygens (including phenoxy) is 2. The first-order valence-corrected chi connectivity index (χ1v) is 13.0. The Morgan fingerprint density at radius 2 is 1.38 bits per heavy atom. The molecule has 0 saturated carbocycles. The lowest BCUT2D eigenvalue weighted by Gasteiger charge is -2.23. The molecule has 1 atom stereocenters. The van der Waals surface area contributed by atoms with Crippen LogP contribution in [0.25, 0.3) is 0 Å². The van der Waals surface area contributed by atoms with Gasteiger partial charge >= 0.3 is 12.1 Å². The number of hydrogen-bond acceptors (Lipinski definition) is 7. The second-order valence-corrected chi connectivity index (χ2v) is 10.8. The number of halogens is 5. The summed E-state index contributed by atoms with van der Waals surface area (Å²) in [7, 11) is 0. The molecule has 3 amide bonds. The molecule has 0 heterocycles. The predicted molar refractivity (Wildman–Crippen MR) is 148 cm³/mol. The standard InChI is InChI=1S/C24H24Cl5N3O7/c1-24(2,3)39-23(37)32-13(8-11-4-6-12(33)7-5-11)22(36)31-9-14(34)30-10-15(35)38-21-19(28)17(26)16(25)18(27)20(21)29/h4-7,13,33H,8-10H2,1-3H3,(H,30,34)(H,31,36)(H,32,37)/t13-/m0/s1. The summed E-state index contributed by atoms with van der Waals surface area (Å²) in [6.45, 7) is 3.83. The van der Waals surface area contributed by atoms with Crippen LogP contribution < -0.4 is 20.7 Å². The van der Waals surface area contributed by atoms with Gasteiger partial charge in [-0.2, -0.15) is 0 Å². The highest BCUT2D eigenvalue weighted by atomic mass is 35.5. The molecule has 0 spiro atoms. The Labute approximate surface area is 249 Å². The Kier molecular flexibility index (Phi) is 11.8. The van der Waals surface area contributed by atoms with Gasteiger partial charge in [-0.15, -0.1) is 0 Å². The number of carbonyl (C=O) groups is 4. The predicted octanol–water partition coefficient (Wildman–Crippen LogP) is 4.93. The minimum Gasteiger partial charge on any atom is -0.508 e. The van der Waals surface area contributed by atoms with Crippen LogP contribution >= 0.6 is 58.0 Å². The lowest BCUT2D eigenvalue weighted by molar-refractivity contribution is -0.135. The SMILES string of the molecule is CC(C)(C)OC(=O)N[C@@H](Cc1ccc(O)cc1)C(=O)NCC(=O)NCC(=O)Oc1c(Cl)c(Cl)c(Cl)c(Cl)c1Cl. The van der Waals surface area contributed by atoms with E-state index in [-0.39, 0.29) is 43.0 Å². The van der Waals surface area contributed by atoms with Gasteiger partial charge in [0.2, 0.25) is 11.8 Å². The zero-order valence-electron chi connectivity index (χ0n) is 20.8. The van der Waals surface area contributed by atoms with E-state index in [0.717, 1.165) is 0 Å². The largest absolute Gasteiger partial charge is 0.508 e. The fourth-order valence-electron chi connectivity index (χ4n) is 2.87. The van der Waals surface area contributed by atoms with Gasteiger partial charge in [-0.25, -0.2) is 9.59 Å². The van der Waals surface area contributed by atoms with Crippen LogP contribution in [0.2, 0.25) is 25.1 Å². The Morgan fingerprint density at radius 3 is 1.92 bits per heavy atom. The minimum absolute atomic E-state index is 0.0295. The van der Waals surface area contributed by atoms with Crippen LogP contribution in [0.5, 0.6) is 11.5 Å². The molecule has 0 aromatic heterocycles. The minimum atomic E-state index is -1.12. The number of amides is 3. The normalized spacial score (nSPS) is 11.8. The molecule has 2 aromatic rings. The molecule has 4 N–H and O–H groups in total. The number of benzene rings is 2. The van der Waals surface area contributed by atoms with Crippen molar-refractivity contribution in [1.29, 1.82) is 0 Å². The molecule has 2 aromatic carbocycles. The third kappa shape index (κ3) is 10.1. The molecule has 0 fully saturated rings. The van der Waals surface area contributed by atoms with E-state index in [1.54, 1.807) is 32.9 Å². The number of carbonyl (C=O) groups excluding carboxylic acids is 4. The first-order chi connectivity index (χ1) is 18.1. The molecule has 10 nitrogen and oxygen atoms in total. The van der Waals surface area contributed by atoms with Crippen molar-refractivity contribution in [2.45, 2.75) is 38.8 Å². The van der Waals surface area contributed by atoms with Gasteiger partial charge in [-0.1, -0.05) is 70.1 Å². The van der Waals surface area contributed by atoms with E-state index in [9.17, 15) is 24.3 Å². The average molecular weight is 644 g/mol. The summed E-state index contributed by atoms with van der Waals surface area (Å²) >= 11 is 29.8. The maximum absolute atomic E-state index is 12.8. The molecule has 0 unspecified atom stereocenters. The van der Waals surface area contributed by atoms with Gasteiger partial charge in [0, 0.05) is 6.42 Å². The zero-order valence-corrected chi connectivity index (χ0v) is 24.6. The van der Waals surface area contributed by atoms with Gasteiger partial charge in [0.25, 0.3) is 0 Å². The number of nitrogens with one attached hydrogen (secondary N) is 3. The molecule has 0 aliphatic rings. The summed E-state index contributed by atoms with van der Waals surface area (Å²) in [5.74, 6) is -2.72. The van der Waals surface area contributed by atoms with Crippen molar-refractivity contribution in [3.05, 3.63) is 54.9 Å². The molecule has 0 radical (unpaired) electrons. The third-order valence-corrected chi connectivity index (χ3v) is 6.86. The van der Waals surface area contributed by atoms with E-state index in [1.165, 1.54) is 12.1 Å². The smallest absolute Gasteiger partial charge is 0.408 e. The number of phenols is 1. The second kappa shape index (κ2) is 14.1. The van der Waals surface area contributed by atoms with Crippen molar-refractivity contribution < 1.29 is 33.8 Å². The van der Waals surface area contributed by atoms with Crippen LogP contribution in [0.3, 0.4) is 0 Å². The molecule has 0 bridgehead atoms. The number of hydrogen-bond donors (Lipinski definition) is 4. The van der Waals surface area contributed by atoms with Crippen molar-refractivity contribution in [3.8, 4) is 11.5 Å². The van der Waals surface area contributed by atoms with E-state index in [4.69, 9.17) is 67.5 Å². The van der Waals surface area contributed by atoms with Crippen molar-refractivity contribution in [3.63, 3.8) is 0 Å². The van der Waals surface area contributed by atoms with Crippen molar-refractivity contribution in [2.75, 3.05) is 13.1 Å². The summed E-state index contributed by atoms with van der Waals surface area (Å²) in [5.41, 5.74) is -0.189. The second-order valence-electron chi connectivity index (χ2n) is 8.94. The monoisotopic (exact) mass is 641 g/mol. The Bertz CT molecular complexity index is 1220. The highest BCUT2D eigenvalue weighted by molar-refractivity contribution is 6.55. The first-order valence-electron chi connectivity index (χ1n) is 11.1. The highest BCUT2D eigenvalue weighted by Gasteiger charge is 2.26. The molecule has 212 valence electrons. The maximum atomic E-state index is 12.8. The average Bonchev–Trinajstić information content (AvgIpc) is 2.86. The Hall–Kier alpha value is -2.63. The van der Waals surface area contributed by atoms with E-state index in [0.29, 0.717) is 5.56 Å². The lowest BCUT2D eigenvalue weighted by atomic mass is 10.1. The molecule has 0 aliphatic heterocycles. The summed E-state index contributed by atoms with van der Waals surface area (Å²) in [5, 5.41) is 15.6. The maximum Gasteiger partial charge on any atom is 0.408 e. The third-order valence-electron chi connectivity index (χ3n) is 4.62. The van der Waals surface area contributed by atoms with Crippen LogP contribution in [0.4, 0.5) is 4.79 Å².